The maximum absolute atomic E-state index is 12.4. The Morgan fingerprint density at radius 3 is 2.58 bits per heavy atom. The van der Waals surface area contributed by atoms with Crippen LogP contribution in [0.2, 0.25) is 0 Å². The molecule has 2 rings (SSSR count). The standard InChI is InChI=1S/C19H31N3O2/c1-3-22(4-2)12-13-24-17-10-8-16(9-11-17)21-19(23)18-7-5-6-15(18)14-20/h8-11,15,18H,3-7,12-14,20H2,1-2H3,(H,21,23)/t15-,18-/m1/s1. The van der Waals surface area contributed by atoms with Gasteiger partial charge in [-0.3, -0.25) is 4.79 Å². The molecule has 0 aromatic heterocycles. The van der Waals surface area contributed by atoms with E-state index in [-0.39, 0.29) is 11.8 Å². The molecule has 24 heavy (non-hydrogen) atoms. The molecule has 0 unspecified atom stereocenters. The molecule has 0 heterocycles. The Morgan fingerprint density at radius 1 is 1.25 bits per heavy atom. The van der Waals surface area contributed by atoms with Gasteiger partial charge in [0.25, 0.3) is 0 Å². The molecule has 134 valence electrons. The molecule has 3 N–H and O–H groups in total. The first kappa shape index (κ1) is 18.7. The predicted octanol–water partition coefficient (Wildman–Crippen LogP) is 2.72. The van der Waals surface area contributed by atoms with Gasteiger partial charge in [0.15, 0.2) is 0 Å². The molecule has 1 aliphatic rings. The second-order valence-corrected chi connectivity index (χ2v) is 6.42. The van der Waals surface area contributed by atoms with E-state index in [2.05, 4.69) is 24.1 Å². The van der Waals surface area contributed by atoms with Crippen molar-refractivity contribution in [3.05, 3.63) is 24.3 Å². The number of nitrogens with zero attached hydrogens (tertiary/aromatic N) is 1. The van der Waals surface area contributed by atoms with Gasteiger partial charge >= 0.3 is 0 Å². The smallest absolute Gasteiger partial charge is 0.227 e. The monoisotopic (exact) mass is 333 g/mol. The Kier molecular flexibility index (Phi) is 7.53. The Labute approximate surface area is 145 Å². The molecule has 5 heteroatoms. The molecule has 2 atom stereocenters. The minimum absolute atomic E-state index is 0.0556. The first-order valence-electron chi connectivity index (χ1n) is 9.14. The van der Waals surface area contributed by atoms with Gasteiger partial charge in [0.05, 0.1) is 0 Å². The van der Waals surface area contributed by atoms with Gasteiger partial charge in [-0.15, -0.1) is 0 Å². The molecule has 1 aromatic rings. The number of hydrogen-bond acceptors (Lipinski definition) is 4. The van der Waals surface area contributed by atoms with Crippen molar-refractivity contribution in [1.82, 2.24) is 4.90 Å². The second-order valence-electron chi connectivity index (χ2n) is 6.42. The Balaban J connectivity index is 1.80. The van der Waals surface area contributed by atoms with Crippen molar-refractivity contribution < 1.29 is 9.53 Å². The maximum Gasteiger partial charge on any atom is 0.227 e. The third kappa shape index (κ3) is 5.21. The summed E-state index contributed by atoms with van der Waals surface area (Å²) in [4.78, 5) is 14.7. The molecule has 1 saturated carbocycles. The van der Waals surface area contributed by atoms with Crippen LogP contribution in [0.25, 0.3) is 0 Å². The number of ether oxygens (including phenoxy) is 1. The van der Waals surface area contributed by atoms with Gasteiger partial charge in [-0.05, 0) is 62.7 Å². The lowest BCUT2D eigenvalue weighted by molar-refractivity contribution is -0.120. The van der Waals surface area contributed by atoms with Gasteiger partial charge < -0.3 is 20.7 Å². The van der Waals surface area contributed by atoms with Crippen LogP contribution in [0.1, 0.15) is 33.1 Å². The van der Waals surface area contributed by atoms with E-state index in [4.69, 9.17) is 10.5 Å². The van der Waals surface area contributed by atoms with Crippen molar-refractivity contribution in [2.24, 2.45) is 17.6 Å². The van der Waals surface area contributed by atoms with Crippen LogP contribution in [0.15, 0.2) is 24.3 Å². The number of anilines is 1. The van der Waals surface area contributed by atoms with Crippen LogP contribution >= 0.6 is 0 Å². The normalized spacial score (nSPS) is 20.3. The molecule has 5 nitrogen and oxygen atoms in total. The Morgan fingerprint density at radius 2 is 1.96 bits per heavy atom. The Hall–Kier alpha value is -1.59. The largest absolute Gasteiger partial charge is 0.492 e. The highest BCUT2D eigenvalue weighted by Gasteiger charge is 2.31. The molecule has 1 aliphatic carbocycles. The number of nitrogens with two attached hydrogens (primary N) is 1. The van der Waals surface area contributed by atoms with Crippen LogP contribution in [0.4, 0.5) is 5.69 Å². The fourth-order valence-electron chi connectivity index (χ4n) is 3.37. The third-order valence-corrected chi connectivity index (χ3v) is 4.99. The van der Waals surface area contributed by atoms with Gasteiger partial charge in [-0.2, -0.15) is 0 Å². The lowest BCUT2D eigenvalue weighted by Crippen LogP contribution is -2.29. The number of hydrogen-bond donors (Lipinski definition) is 2. The van der Waals surface area contributed by atoms with E-state index >= 15 is 0 Å². The van der Waals surface area contributed by atoms with E-state index in [0.717, 1.165) is 50.3 Å². The highest BCUT2D eigenvalue weighted by Crippen LogP contribution is 2.32. The number of carbonyl (C=O) groups excluding carboxylic acids is 1. The van der Waals surface area contributed by atoms with E-state index in [1.807, 2.05) is 24.3 Å². The average molecular weight is 333 g/mol. The molecule has 1 aromatic carbocycles. The number of likely N-dealkylation sites (N-methyl/N-ethyl adjacent to an activating group) is 1. The zero-order chi connectivity index (χ0) is 17.4. The molecular weight excluding hydrogens is 302 g/mol. The van der Waals surface area contributed by atoms with Gasteiger partial charge in [0.1, 0.15) is 12.4 Å². The summed E-state index contributed by atoms with van der Waals surface area (Å²) in [6.07, 6.45) is 3.10. The fourth-order valence-corrected chi connectivity index (χ4v) is 3.37. The third-order valence-electron chi connectivity index (χ3n) is 4.99. The molecule has 0 bridgehead atoms. The summed E-state index contributed by atoms with van der Waals surface area (Å²) in [5.74, 6) is 1.31. The van der Waals surface area contributed by atoms with Crippen molar-refractivity contribution >= 4 is 11.6 Å². The fraction of sp³-hybridized carbons (Fsp3) is 0.632. The van der Waals surface area contributed by atoms with E-state index in [9.17, 15) is 4.79 Å². The second kappa shape index (κ2) is 9.64. The molecule has 1 amide bonds. The molecule has 0 radical (unpaired) electrons. The van der Waals surface area contributed by atoms with Crippen molar-refractivity contribution in [2.45, 2.75) is 33.1 Å². The van der Waals surface area contributed by atoms with Crippen LogP contribution in [0.5, 0.6) is 5.75 Å². The SMILES string of the molecule is CCN(CC)CCOc1ccc(NC(=O)[C@@H]2CCC[C@@H]2CN)cc1. The summed E-state index contributed by atoms with van der Waals surface area (Å²) in [6, 6.07) is 7.62. The summed E-state index contributed by atoms with van der Waals surface area (Å²) in [5, 5.41) is 3.01. The van der Waals surface area contributed by atoms with Crippen molar-refractivity contribution in [3.8, 4) is 5.75 Å². The van der Waals surface area contributed by atoms with Crippen molar-refractivity contribution in [1.29, 1.82) is 0 Å². The van der Waals surface area contributed by atoms with Crippen LogP contribution in [-0.2, 0) is 4.79 Å². The molecule has 0 saturated heterocycles. The maximum atomic E-state index is 12.4. The number of rotatable bonds is 9. The van der Waals surface area contributed by atoms with E-state index in [1.54, 1.807) is 0 Å². The molecule has 0 spiro atoms. The minimum atomic E-state index is 0.0556. The average Bonchev–Trinajstić information content (AvgIpc) is 3.09. The van der Waals surface area contributed by atoms with Gasteiger partial charge in [0, 0.05) is 18.2 Å². The van der Waals surface area contributed by atoms with Crippen LogP contribution < -0.4 is 15.8 Å². The van der Waals surface area contributed by atoms with Gasteiger partial charge in [-0.1, -0.05) is 20.3 Å². The van der Waals surface area contributed by atoms with Crippen LogP contribution in [0.3, 0.4) is 0 Å². The molecule has 0 aliphatic heterocycles. The zero-order valence-corrected chi connectivity index (χ0v) is 15.0. The lowest BCUT2D eigenvalue weighted by Gasteiger charge is -2.18. The lowest BCUT2D eigenvalue weighted by atomic mass is 9.95. The van der Waals surface area contributed by atoms with E-state index in [1.165, 1.54) is 0 Å². The van der Waals surface area contributed by atoms with Crippen LogP contribution in [0, 0.1) is 11.8 Å². The number of amides is 1. The number of nitrogens with one attached hydrogen (secondary N) is 1. The quantitative estimate of drug-likeness (QED) is 0.729. The summed E-state index contributed by atoms with van der Waals surface area (Å²) < 4.78 is 5.76. The summed E-state index contributed by atoms with van der Waals surface area (Å²) >= 11 is 0. The summed E-state index contributed by atoms with van der Waals surface area (Å²) in [5.41, 5.74) is 6.58. The van der Waals surface area contributed by atoms with Crippen molar-refractivity contribution in [3.63, 3.8) is 0 Å². The van der Waals surface area contributed by atoms with Crippen molar-refractivity contribution in [2.75, 3.05) is 38.1 Å². The molecular formula is C19H31N3O2. The highest BCUT2D eigenvalue weighted by atomic mass is 16.5. The number of benzene rings is 1. The highest BCUT2D eigenvalue weighted by molar-refractivity contribution is 5.93. The van der Waals surface area contributed by atoms with Gasteiger partial charge in [0.2, 0.25) is 5.91 Å². The predicted molar refractivity (Wildman–Crippen MR) is 98.2 cm³/mol. The topological polar surface area (TPSA) is 67.6 Å². The summed E-state index contributed by atoms with van der Waals surface area (Å²) in [6.45, 7) is 8.57. The van der Waals surface area contributed by atoms with Crippen LogP contribution in [-0.4, -0.2) is 43.6 Å². The van der Waals surface area contributed by atoms with E-state index in [0.29, 0.717) is 19.1 Å². The number of carbonyl (C=O) groups is 1. The first-order valence-corrected chi connectivity index (χ1v) is 9.14. The zero-order valence-electron chi connectivity index (χ0n) is 15.0. The van der Waals surface area contributed by atoms with Gasteiger partial charge in [-0.25, -0.2) is 0 Å². The minimum Gasteiger partial charge on any atom is -0.492 e. The summed E-state index contributed by atoms with van der Waals surface area (Å²) in [7, 11) is 0. The molecule has 1 fully saturated rings. The van der Waals surface area contributed by atoms with E-state index < -0.39 is 0 Å². The first-order chi connectivity index (χ1) is 11.7. The Bertz CT molecular complexity index is 500.